The van der Waals surface area contributed by atoms with Gasteiger partial charge in [-0.05, 0) is 49.6 Å². The van der Waals surface area contributed by atoms with E-state index in [0.717, 1.165) is 36.2 Å². The molecular formula is C21H18F2N4O. The van der Waals surface area contributed by atoms with Gasteiger partial charge in [0.2, 0.25) is 5.95 Å². The summed E-state index contributed by atoms with van der Waals surface area (Å²) in [6, 6.07) is 12.9. The predicted octanol–water partition coefficient (Wildman–Crippen LogP) is 4.40. The Morgan fingerprint density at radius 1 is 1.07 bits per heavy atom. The fourth-order valence-electron chi connectivity index (χ4n) is 3.35. The van der Waals surface area contributed by atoms with Crippen molar-refractivity contribution in [3.05, 3.63) is 77.1 Å². The second kappa shape index (κ2) is 7.34. The number of halogens is 2. The Hall–Kier alpha value is -3.35. The third kappa shape index (κ3) is 3.43. The predicted molar refractivity (Wildman–Crippen MR) is 103 cm³/mol. The van der Waals surface area contributed by atoms with Crippen LogP contribution in [0.2, 0.25) is 0 Å². The second-order valence-electron chi connectivity index (χ2n) is 6.63. The number of carbonyl (C=O) groups is 1. The summed E-state index contributed by atoms with van der Waals surface area (Å²) < 4.78 is 27.8. The van der Waals surface area contributed by atoms with E-state index < -0.39 is 11.6 Å². The zero-order valence-electron chi connectivity index (χ0n) is 15.2. The molecule has 1 amide bonds. The molecule has 0 radical (unpaired) electrons. The molecule has 3 aromatic rings. The fourth-order valence-corrected chi connectivity index (χ4v) is 3.35. The molecule has 0 aliphatic carbocycles. The summed E-state index contributed by atoms with van der Waals surface area (Å²) in [5, 5.41) is 2.56. The van der Waals surface area contributed by atoms with Gasteiger partial charge in [-0.2, -0.15) is 0 Å². The highest BCUT2D eigenvalue weighted by atomic mass is 19.1. The molecule has 142 valence electrons. The van der Waals surface area contributed by atoms with Crippen molar-refractivity contribution >= 4 is 23.2 Å². The smallest absolute Gasteiger partial charge is 0.277 e. The van der Waals surface area contributed by atoms with Gasteiger partial charge in [0, 0.05) is 17.9 Å². The quantitative estimate of drug-likeness (QED) is 0.732. The number of hydrogen-bond acceptors (Lipinski definition) is 4. The Bertz CT molecular complexity index is 1030. The number of hydrogen-bond donors (Lipinski definition) is 1. The number of fused-ring (bicyclic) bond motifs is 1. The molecule has 2 aromatic carbocycles. The van der Waals surface area contributed by atoms with Crippen LogP contribution in [0.25, 0.3) is 0 Å². The molecule has 0 fully saturated rings. The van der Waals surface area contributed by atoms with Crippen LogP contribution >= 0.6 is 0 Å². The van der Waals surface area contributed by atoms with E-state index in [2.05, 4.69) is 15.3 Å². The van der Waals surface area contributed by atoms with E-state index in [-0.39, 0.29) is 23.2 Å². The lowest BCUT2D eigenvalue weighted by Crippen LogP contribution is -2.36. The molecule has 28 heavy (non-hydrogen) atoms. The van der Waals surface area contributed by atoms with Crippen LogP contribution in [0.5, 0.6) is 0 Å². The van der Waals surface area contributed by atoms with Crippen LogP contribution in [0.4, 0.5) is 26.1 Å². The molecule has 2 heterocycles. The van der Waals surface area contributed by atoms with Crippen LogP contribution < -0.4 is 10.2 Å². The third-order valence-electron chi connectivity index (χ3n) is 4.63. The van der Waals surface area contributed by atoms with E-state index in [0.29, 0.717) is 12.2 Å². The summed E-state index contributed by atoms with van der Waals surface area (Å²) in [7, 11) is 0. The summed E-state index contributed by atoms with van der Waals surface area (Å²) in [5.74, 6) is -1.82. The first kappa shape index (κ1) is 18.0. The van der Waals surface area contributed by atoms with Crippen LogP contribution in [0.3, 0.4) is 0 Å². The number of nitrogens with one attached hydrogen (secondary N) is 1. The SMILES string of the molecule is Cc1cc(C(=O)N2CCCc3ccccc32)nc(Nc2c(F)cccc2F)n1. The zero-order valence-corrected chi connectivity index (χ0v) is 15.2. The topological polar surface area (TPSA) is 58.1 Å². The summed E-state index contributed by atoms with van der Waals surface area (Å²) in [6.45, 7) is 2.29. The molecule has 7 heteroatoms. The number of rotatable bonds is 3. The molecule has 0 saturated carbocycles. The van der Waals surface area contributed by atoms with Crippen molar-refractivity contribution in [2.75, 3.05) is 16.8 Å². The Morgan fingerprint density at radius 2 is 1.82 bits per heavy atom. The molecule has 1 N–H and O–H groups in total. The molecule has 0 unspecified atom stereocenters. The monoisotopic (exact) mass is 380 g/mol. The Balaban J connectivity index is 1.67. The lowest BCUT2D eigenvalue weighted by atomic mass is 10.0. The van der Waals surface area contributed by atoms with Crippen molar-refractivity contribution in [1.29, 1.82) is 0 Å². The number of aromatic nitrogens is 2. The Morgan fingerprint density at radius 3 is 2.61 bits per heavy atom. The molecule has 0 bridgehead atoms. The van der Waals surface area contributed by atoms with E-state index in [4.69, 9.17) is 0 Å². The highest BCUT2D eigenvalue weighted by Crippen LogP contribution is 2.28. The fraction of sp³-hybridized carbons (Fsp3) is 0.190. The average Bonchev–Trinajstić information content (AvgIpc) is 2.69. The molecule has 1 aliphatic rings. The summed E-state index contributed by atoms with van der Waals surface area (Å²) in [6.07, 6.45) is 1.78. The largest absolute Gasteiger partial charge is 0.319 e. The molecule has 5 nitrogen and oxygen atoms in total. The van der Waals surface area contributed by atoms with Gasteiger partial charge in [-0.3, -0.25) is 4.79 Å². The number of aryl methyl sites for hydroxylation is 2. The first-order chi connectivity index (χ1) is 13.5. The van der Waals surface area contributed by atoms with Crippen molar-refractivity contribution in [3.8, 4) is 0 Å². The number of nitrogens with zero attached hydrogens (tertiary/aromatic N) is 3. The van der Waals surface area contributed by atoms with Crippen LogP contribution in [-0.4, -0.2) is 22.4 Å². The van der Waals surface area contributed by atoms with Crippen LogP contribution in [0, 0.1) is 18.6 Å². The minimum absolute atomic E-state index is 0.0300. The molecule has 4 rings (SSSR count). The van der Waals surface area contributed by atoms with Crippen molar-refractivity contribution in [3.63, 3.8) is 0 Å². The number of amides is 1. The first-order valence-electron chi connectivity index (χ1n) is 8.99. The van der Waals surface area contributed by atoms with Gasteiger partial charge in [0.05, 0.1) is 0 Å². The third-order valence-corrected chi connectivity index (χ3v) is 4.63. The van der Waals surface area contributed by atoms with Gasteiger partial charge in [-0.1, -0.05) is 24.3 Å². The molecule has 1 aromatic heterocycles. The lowest BCUT2D eigenvalue weighted by molar-refractivity contribution is 0.0980. The van der Waals surface area contributed by atoms with Gasteiger partial charge < -0.3 is 10.2 Å². The molecule has 0 atom stereocenters. The van der Waals surface area contributed by atoms with E-state index in [1.165, 1.54) is 6.07 Å². The van der Waals surface area contributed by atoms with Crippen molar-refractivity contribution in [2.24, 2.45) is 0 Å². The summed E-state index contributed by atoms with van der Waals surface area (Å²) in [5.41, 5.74) is 2.31. The molecule has 1 aliphatic heterocycles. The van der Waals surface area contributed by atoms with E-state index in [1.807, 2.05) is 24.3 Å². The summed E-state index contributed by atoms with van der Waals surface area (Å²) in [4.78, 5) is 23.2. The van der Waals surface area contributed by atoms with Crippen LogP contribution in [0.1, 0.15) is 28.2 Å². The highest BCUT2D eigenvalue weighted by molar-refractivity contribution is 6.05. The lowest BCUT2D eigenvalue weighted by Gasteiger charge is -2.29. The van der Waals surface area contributed by atoms with Crippen molar-refractivity contribution < 1.29 is 13.6 Å². The summed E-state index contributed by atoms with van der Waals surface area (Å²) >= 11 is 0. The van der Waals surface area contributed by atoms with Gasteiger partial charge >= 0.3 is 0 Å². The normalized spacial score (nSPS) is 13.2. The number of para-hydroxylation sites is 2. The number of benzene rings is 2. The maximum atomic E-state index is 13.9. The van der Waals surface area contributed by atoms with Crippen molar-refractivity contribution in [2.45, 2.75) is 19.8 Å². The molecular weight excluding hydrogens is 362 g/mol. The average molecular weight is 380 g/mol. The minimum atomic E-state index is -0.761. The molecule has 0 saturated heterocycles. The standard InChI is InChI=1S/C21H18F2N4O/c1-13-12-17(20(28)27-11-5-7-14-6-2-3-10-18(14)27)25-21(24-13)26-19-15(22)8-4-9-16(19)23/h2-4,6,8-10,12H,5,7,11H2,1H3,(H,24,25,26). The van der Waals surface area contributed by atoms with Crippen LogP contribution in [-0.2, 0) is 6.42 Å². The zero-order chi connectivity index (χ0) is 19.7. The van der Waals surface area contributed by atoms with E-state index in [1.54, 1.807) is 17.9 Å². The second-order valence-corrected chi connectivity index (χ2v) is 6.63. The highest BCUT2D eigenvalue weighted by Gasteiger charge is 2.25. The maximum Gasteiger partial charge on any atom is 0.277 e. The van der Waals surface area contributed by atoms with Crippen molar-refractivity contribution in [1.82, 2.24) is 9.97 Å². The van der Waals surface area contributed by atoms with Gasteiger partial charge in [0.1, 0.15) is 23.0 Å². The van der Waals surface area contributed by atoms with E-state index >= 15 is 0 Å². The van der Waals surface area contributed by atoms with E-state index in [9.17, 15) is 13.6 Å². The Labute approximate surface area is 161 Å². The van der Waals surface area contributed by atoms with Gasteiger partial charge in [-0.15, -0.1) is 0 Å². The number of carbonyl (C=O) groups excluding carboxylic acids is 1. The van der Waals surface area contributed by atoms with Crippen LogP contribution in [0.15, 0.2) is 48.5 Å². The van der Waals surface area contributed by atoms with Gasteiger partial charge in [-0.25, -0.2) is 18.7 Å². The van der Waals surface area contributed by atoms with Gasteiger partial charge in [0.25, 0.3) is 5.91 Å². The minimum Gasteiger partial charge on any atom is -0.319 e. The Kier molecular flexibility index (Phi) is 4.73. The first-order valence-corrected chi connectivity index (χ1v) is 8.99. The van der Waals surface area contributed by atoms with Gasteiger partial charge in [0.15, 0.2) is 0 Å². The number of anilines is 3. The maximum absolute atomic E-state index is 13.9. The molecule has 0 spiro atoms.